The summed E-state index contributed by atoms with van der Waals surface area (Å²) >= 11 is 0. The van der Waals surface area contributed by atoms with Crippen LogP contribution in [-0.4, -0.2) is 15.0 Å². The van der Waals surface area contributed by atoms with Gasteiger partial charge in [-0.25, -0.2) is 0 Å². The Morgan fingerprint density at radius 1 is 1.19 bits per heavy atom. The minimum Gasteiger partial charge on any atom is -0.369 e. The molecule has 0 bridgehead atoms. The first kappa shape index (κ1) is 12.7. The summed E-state index contributed by atoms with van der Waals surface area (Å²) in [6, 6.07) is 11.7. The lowest BCUT2D eigenvalue weighted by atomic mass is 10.1. The summed E-state index contributed by atoms with van der Waals surface area (Å²) in [5.41, 5.74) is 7.15. The normalized spacial score (nSPS) is 11.0. The first-order valence-electron chi connectivity index (χ1n) is 6.23. The average molecular weight is 277 g/mol. The summed E-state index contributed by atoms with van der Waals surface area (Å²) < 4.78 is 0. The minimum absolute atomic E-state index is 0.0110. The number of benzene rings is 1. The van der Waals surface area contributed by atoms with Crippen LogP contribution in [0.5, 0.6) is 0 Å². The highest BCUT2D eigenvalue weighted by Crippen LogP contribution is 2.19. The third kappa shape index (κ3) is 2.28. The topological polar surface area (TPSA) is 111 Å². The molecule has 0 aliphatic rings. The van der Waals surface area contributed by atoms with Crippen LogP contribution >= 0.6 is 0 Å². The molecule has 21 heavy (non-hydrogen) atoms. The average Bonchev–Trinajstić information content (AvgIpc) is 2.83. The van der Waals surface area contributed by atoms with Gasteiger partial charge in [-0.15, -0.1) is 0 Å². The fourth-order valence-electron chi connectivity index (χ4n) is 2.12. The lowest BCUT2D eigenvalue weighted by Crippen LogP contribution is -2.11. The molecule has 0 atom stereocenters. The SMILES string of the molecule is N#Cc1c(/C=C/c2ccccc2)[nH]c2nc(N)[nH]c(=O)c12. The molecular formula is C15H11N5O. The van der Waals surface area contributed by atoms with Crippen LogP contribution in [0.2, 0.25) is 0 Å². The summed E-state index contributed by atoms with van der Waals surface area (Å²) in [6.45, 7) is 0. The molecule has 0 aliphatic heterocycles. The first-order valence-corrected chi connectivity index (χ1v) is 6.23. The Labute approximate surface area is 119 Å². The summed E-state index contributed by atoms with van der Waals surface area (Å²) in [4.78, 5) is 21.2. The van der Waals surface area contributed by atoms with E-state index in [0.717, 1.165) is 5.56 Å². The Kier molecular flexibility index (Phi) is 3.01. The number of nitrogen functional groups attached to an aromatic ring is 1. The van der Waals surface area contributed by atoms with Gasteiger partial charge in [0.25, 0.3) is 5.56 Å². The van der Waals surface area contributed by atoms with E-state index in [2.05, 4.69) is 15.0 Å². The molecule has 1 aromatic carbocycles. The van der Waals surface area contributed by atoms with Crippen molar-refractivity contribution in [2.45, 2.75) is 0 Å². The van der Waals surface area contributed by atoms with E-state index in [1.807, 2.05) is 42.5 Å². The van der Waals surface area contributed by atoms with Crippen LogP contribution in [0.1, 0.15) is 16.8 Å². The minimum atomic E-state index is -0.426. The Bertz CT molecular complexity index is 928. The highest BCUT2D eigenvalue weighted by atomic mass is 16.1. The molecule has 3 aromatic rings. The second kappa shape index (κ2) is 4.98. The van der Waals surface area contributed by atoms with Gasteiger partial charge < -0.3 is 10.7 Å². The Morgan fingerprint density at radius 3 is 2.67 bits per heavy atom. The fraction of sp³-hybridized carbons (Fsp3) is 0. The third-order valence-electron chi connectivity index (χ3n) is 3.06. The van der Waals surface area contributed by atoms with Crippen molar-refractivity contribution in [3.05, 3.63) is 57.5 Å². The van der Waals surface area contributed by atoms with E-state index in [1.165, 1.54) is 0 Å². The molecule has 0 spiro atoms. The Balaban J connectivity index is 2.16. The van der Waals surface area contributed by atoms with Gasteiger partial charge in [0.05, 0.1) is 11.3 Å². The van der Waals surface area contributed by atoms with Crippen molar-refractivity contribution in [3.63, 3.8) is 0 Å². The highest BCUT2D eigenvalue weighted by Gasteiger charge is 2.14. The summed E-state index contributed by atoms with van der Waals surface area (Å²) in [6.07, 6.45) is 3.59. The zero-order valence-electron chi connectivity index (χ0n) is 10.9. The number of aromatic amines is 2. The molecule has 6 heteroatoms. The molecule has 3 rings (SSSR count). The number of aromatic nitrogens is 3. The summed E-state index contributed by atoms with van der Waals surface area (Å²) in [5.74, 6) is 0.0110. The molecule has 4 N–H and O–H groups in total. The number of nitrogens with one attached hydrogen (secondary N) is 2. The molecule has 0 unspecified atom stereocenters. The molecule has 6 nitrogen and oxygen atoms in total. The van der Waals surface area contributed by atoms with Crippen LogP contribution in [0.25, 0.3) is 23.2 Å². The second-order valence-electron chi connectivity index (χ2n) is 4.44. The van der Waals surface area contributed by atoms with E-state index in [0.29, 0.717) is 11.3 Å². The van der Waals surface area contributed by atoms with Gasteiger partial charge in [0.15, 0.2) is 0 Å². The predicted molar refractivity (Wildman–Crippen MR) is 81.2 cm³/mol. The fourth-order valence-corrected chi connectivity index (χ4v) is 2.12. The van der Waals surface area contributed by atoms with Crippen molar-refractivity contribution >= 4 is 29.1 Å². The van der Waals surface area contributed by atoms with Crippen LogP contribution in [0, 0.1) is 11.3 Å². The summed E-state index contributed by atoms with van der Waals surface area (Å²) in [7, 11) is 0. The van der Waals surface area contributed by atoms with Crippen LogP contribution in [0.3, 0.4) is 0 Å². The smallest absolute Gasteiger partial charge is 0.263 e. The van der Waals surface area contributed by atoms with Gasteiger partial charge in [0.2, 0.25) is 5.95 Å². The predicted octanol–water partition coefficient (Wildman–Crippen LogP) is 1.88. The van der Waals surface area contributed by atoms with E-state index in [-0.39, 0.29) is 16.9 Å². The number of anilines is 1. The molecular weight excluding hydrogens is 266 g/mol. The number of rotatable bonds is 2. The standard InChI is InChI=1S/C15H11N5O/c16-8-10-11(7-6-9-4-2-1-3-5-9)18-13-12(10)14(21)20-15(17)19-13/h1-7H,(H4,17,18,19,20,21)/b7-6+. The van der Waals surface area contributed by atoms with Crippen LogP contribution in [-0.2, 0) is 0 Å². The van der Waals surface area contributed by atoms with Crippen molar-refractivity contribution in [3.8, 4) is 6.07 Å². The first-order chi connectivity index (χ1) is 10.2. The molecule has 2 heterocycles. The molecule has 0 fully saturated rings. The van der Waals surface area contributed by atoms with Gasteiger partial charge in [-0.3, -0.25) is 9.78 Å². The molecule has 0 radical (unpaired) electrons. The zero-order valence-corrected chi connectivity index (χ0v) is 10.9. The van der Waals surface area contributed by atoms with Crippen molar-refractivity contribution in [1.82, 2.24) is 15.0 Å². The lowest BCUT2D eigenvalue weighted by molar-refractivity contribution is 1.17. The van der Waals surface area contributed by atoms with Crippen LogP contribution in [0.15, 0.2) is 35.1 Å². The van der Waals surface area contributed by atoms with Crippen molar-refractivity contribution in [1.29, 1.82) is 5.26 Å². The highest BCUT2D eigenvalue weighted by molar-refractivity contribution is 5.88. The molecule has 0 saturated heterocycles. The Morgan fingerprint density at radius 2 is 1.95 bits per heavy atom. The number of H-pyrrole nitrogens is 2. The van der Waals surface area contributed by atoms with Gasteiger partial charge in [-0.05, 0) is 11.6 Å². The number of hydrogen-bond donors (Lipinski definition) is 3. The zero-order chi connectivity index (χ0) is 14.8. The summed E-state index contributed by atoms with van der Waals surface area (Å²) in [5, 5.41) is 9.50. The molecule has 0 aliphatic carbocycles. The van der Waals surface area contributed by atoms with Gasteiger partial charge >= 0.3 is 0 Å². The molecule has 102 valence electrons. The largest absolute Gasteiger partial charge is 0.369 e. The van der Waals surface area contributed by atoms with E-state index in [4.69, 9.17) is 5.73 Å². The van der Waals surface area contributed by atoms with Crippen molar-refractivity contribution in [2.24, 2.45) is 0 Å². The molecule has 2 aromatic heterocycles. The van der Waals surface area contributed by atoms with E-state index in [9.17, 15) is 10.1 Å². The number of nitriles is 1. The Hall–Kier alpha value is -3.33. The number of hydrogen-bond acceptors (Lipinski definition) is 4. The van der Waals surface area contributed by atoms with Crippen LogP contribution in [0.4, 0.5) is 5.95 Å². The molecule has 0 amide bonds. The van der Waals surface area contributed by atoms with E-state index >= 15 is 0 Å². The van der Waals surface area contributed by atoms with E-state index in [1.54, 1.807) is 6.08 Å². The third-order valence-corrected chi connectivity index (χ3v) is 3.06. The van der Waals surface area contributed by atoms with Gasteiger partial charge in [0, 0.05) is 0 Å². The van der Waals surface area contributed by atoms with Gasteiger partial charge in [-0.1, -0.05) is 36.4 Å². The number of nitrogens with two attached hydrogens (primary N) is 1. The quantitative estimate of drug-likeness (QED) is 0.663. The lowest BCUT2D eigenvalue weighted by Gasteiger charge is -1.91. The van der Waals surface area contributed by atoms with Gasteiger partial charge in [0.1, 0.15) is 17.1 Å². The monoisotopic (exact) mass is 277 g/mol. The maximum Gasteiger partial charge on any atom is 0.263 e. The second-order valence-corrected chi connectivity index (χ2v) is 4.44. The van der Waals surface area contributed by atoms with Crippen molar-refractivity contribution < 1.29 is 0 Å². The molecule has 0 saturated carbocycles. The van der Waals surface area contributed by atoms with Gasteiger partial charge in [-0.2, -0.15) is 10.2 Å². The number of nitrogens with zero attached hydrogens (tertiary/aromatic N) is 2. The maximum absolute atomic E-state index is 11.9. The number of fused-ring (bicyclic) bond motifs is 1. The van der Waals surface area contributed by atoms with E-state index < -0.39 is 5.56 Å². The van der Waals surface area contributed by atoms with Crippen LogP contribution < -0.4 is 11.3 Å². The maximum atomic E-state index is 11.9. The van der Waals surface area contributed by atoms with Crippen molar-refractivity contribution in [2.75, 3.05) is 5.73 Å².